The van der Waals surface area contributed by atoms with Gasteiger partial charge >= 0.3 is 0 Å². The van der Waals surface area contributed by atoms with Gasteiger partial charge in [-0.2, -0.15) is 0 Å². The molecule has 0 spiro atoms. The van der Waals surface area contributed by atoms with E-state index in [1.807, 2.05) is 23.5 Å². The number of thiophene rings is 1. The minimum absolute atomic E-state index is 0.613. The maximum atomic E-state index is 5.23. The Labute approximate surface area is 362 Å². The first-order chi connectivity index (χ1) is 30.7. The molecule has 0 saturated carbocycles. The lowest BCUT2D eigenvalue weighted by atomic mass is 9.99. The van der Waals surface area contributed by atoms with Gasteiger partial charge in [-0.1, -0.05) is 188 Å². The van der Waals surface area contributed by atoms with Crippen molar-refractivity contribution in [1.82, 2.24) is 19.5 Å². The standard InChI is InChI=1S/C57H36N4S/c1-4-14-37(15-5-1)39-24-28-42(29-25-39)55-58-56(43-30-26-40(27-31-43)38-16-6-2-7-17-38)60-57(59-55)44-32-35-51(49(36-44)41-18-8-3-9-19-41)61-50-22-12-10-20-45(50)47-33-34-48-46-21-11-13-23-52(46)62-54(48)53(47)61/h1-36H. The fraction of sp³-hybridized carbons (Fsp3) is 0. The van der Waals surface area contributed by atoms with Gasteiger partial charge in [0.25, 0.3) is 0 Å². The third-order valence-electron chi connectivity index (χ3n) is 11.9. The number of nitrogens with zero attached hydrogens (tertiary/aromatic N) is 4. The average Bonchev–Trinajstić information content (AvgIpc) is 3.91. The van der Waals surface area contributed by atoms with E-state index in [2.05, 4.69) is 211 Å². The summed E-state index contributed by atoms with van der Waals surface area (Å²) < 4.78 is 5.05. The second kappa shape index (κ2) is 14.9. The van der Waals surface area contributed by atoms with Crippen LogP contribution in [-0.2, 0) is 0 Å². The van der Waals surface area contributed by atoms with Crippen molar-refractivity contribution < 1.29 is 0 Å². The van der Waals surface area contributed by atoms with E-state index in [0.717, 1.165) is 44.6 Å². The third-order valence-corrected chi connectivity index (χ3v) is 13.1. The molecule has 0 unspecified atom stereocenters. The molecule has 4 nitrogen and oxygen atoms in total. The number of hydrogen-bond acceptors (Lipinski definition) is 4. The molecule has 0 aliphatic rings. The molecule has 3 heterocycles. The summed E-state index contributed by atoms with van der Waals surface area (Å²) in [5.41, 5.74) is 13.1. The number of para-hydroxylation sites is 1. The third kappa shape index (κ3) is 6.18. The summed E-state index contributed by atoms with van der Waals surface area (Å²) in [5.74, 6) is 1.86. The van der Waals surface area contributed by atoms with Crippen LogP contribution in [0.25, 0.3) is 115 Å². The normalized spacial score (nSPS) is 11.5. The topological polar surface area (TPSA) is 43.6 Å². The molecule has 0 amide bonds. The van der Waals surface area contributed by atoms with E-state index in [9.17, 15) is 0 Å². The number of benzene rings is 9. The summed E-state index contributed by atoms with van der Waals surface area (Å²) >= 11 is 1.87. The van der Waals surface area contributed by atoms with Crippen LogP contribution in [0.3, 0.4) is 0 Å². The molecule has 9 aromatic carbocycles. The van der Waals surface area contributed by atoms with E-state index >= 15 is 0 Å². The Balaban J connectivity index is 1.06. The van der Waals surface area contributed by atoms with Crippen molar-refractivity contribution >= 4 is 53.3 Å². The van der Waals surface area contributed by atoms with Crippen LogP contribution < -0.4 is 0 Å². The smallest absolute Gasteiger partial charge is 0.164 e. The maximum Gasteiger partial charge on any atom is 0.164 e. The number of fused-ring (bicyclic) bond motifs is 7. The Morgan fingerprint density at radius 3 is 1.39 bits per heavy atom. The van der Waals surface area contributed by atoms with Gasteiger partial charge in [-0.25, -0.2) is 15.0 Å². The summed E-state index contributed by atoms with van der Waals surface area (Å²) in [6, 6.07) is 77.4. The lowest BCUT2D eigenvalue weighted by molar-refractivity contribution is 1.07. The number of hydrogen-bond donors (Lipinski definition) is 0. The largest absolute Gasteiger partial charge is 0.307 e. The minimum Gasteiger partial charge on any atom is -0.307 e. The van der Waals surface area contributed by atoms with E-state index < -0.39 is 0 Å². The lowest BCUT2D eigenvalue weighted by Gasteiger charge is -2.16. The highest BCUT2D eigenvalue weighted by molar-refractivity contribution is 7.26. The van der Waals surface area contributed by atoms with E-state index in [1.54, 1.807) is 0 Å². The molecular weight excluding hydrogens is 773 g/mol. The molecule has 0 fully saturated rings. The fourth-order valence-electron chi connectivity index (χ4n) is 8.85. The fourth-order valence-corrected chi connectivity index (χ4v) is 10.1. The van der Waals surface area contributed by atoms with Gasteiger partial charge in [-0.3, -0.25) is 0 Å². The predicted molar refractivity (Wildman–Crippen MR) is 260 cm³/mol. The van der Waals surface area contributed by atoms with Crippen LogP contribution in [0.15, 0.2) is 218 Å². The van der Waals surface area contributed by atoms with Gasteiger partial charge in [-0.15, -0.1) is 11.3 Å². The van der Waals surface area contributed by atoms with E-state index in [1.165, 1.54) is 53.1 Å². The van der Waals surface area contributed by atoms with Crippen LogP contribution in [0.4, 0.5) is 0 Å². The van der Waals surface area contributed by atoms with Crippen molar-refractivity contribution in [2.75, 3.05) is 0 Å². The lowest BCUT2D eigenvalue weighted by Crippen LogP contribution is -2.02. The molecule has 290 valence electrons. The molecule has 3 aromatic heterocycles. The van der Waals surface area contributed by atoms with Gasteiger partial charge in [0.1, 0.15) is 0 Å². The molecule has 0 radical (unpaired) electrons. The van der Waals surface area contributed by atoms with Crippen LogP contribution in [-0.4, -0.2) is 19.5 Å². The van der Waals surface area contributed by atoms with Crippen LogP contribution in [0.2, 0.25) is 0 Å². The highest BCUT2D eigenvalue weighted by Gasteiger charge is 2.21. The molecule has 0 N–H and O–H groups in total. The molecule has 12 rings (SSSR count). The summed E-state index contributed by atoms with van der Waals surface area (Å²) in [4.78, 5) is 15.6. The molecule has 5 heteroatoms. The molecule has 0 bridgehead atoms. The van der Waals surface area contributed by atoms with E-state index in [-0.39, 0.29) is 0 Å². The van der Waals surface area contributed by atoms with Gasteiger partial charge < -0.3 is 4.57 Å². The average molecular weight is 809 g/mol. The first kappa shape index (κ1) is 35.9. The van der Waals surface area contributed by atoms with Gasteiger partial charge in [0, 0.05) is 48.5 Å². The van der Waals surface area contributed by atoms with Gasteiger partial charge in [0.2, 0.25) is 0 Å². The minimum atomic E-state index is 0.613. The summed E-state index contributed by atoms with van der Waals surface area (Å²) in [6.07, 6.45) is 0. The second-order valence-corrected chi connectivity index (χ2v) is 16.6. The molecule has 62 heavy (non-hydrogen) atoms. The number of aromatic nitrogens is 4. The Kier molecular flexibility index (Phi) is 8.65. The van der Waals surface area contributed by atoms with Crippen molar-refractivity contribution in [3.05, 3.63) is 218 Å². The van der Waals surface area contributed by atoms with E-state index in [0.29, 0.717) is 17.5 Å². The van der Waals surface area contributed by atoms with Gasteiger partial charge in [-0.05, 0) is 58.1 Å². The van der Waals surface area contributed by atoms with Crippen LogP contribution in [0.5, 0.6) is 0 Å². The second-order valence-electron chi connectivity index (χ2n) is 15.6. The van der Waals surface area contributed by atoms with Gasteiger partial charge in [0.05, 0.1) is 21.4 Å². The predicted octanol–water partition coefficient (Wildman–Crippen LogP) is 15.3. The monoisotopic (exact) mass is 808 g/mol. The first-order valence-corrected chi connectivity index (χ1v) is 21.7. The highest BCUT2D eigenvalue weighted by Crippen LogP contribution is 2.45. The zero-order valence-corrected chi connectivity index (χ0v) is 34.3. The highest BCUT2D eigenvalue weighted by atomic mass is 32.1. The summed E-state index contributed by atoms with van der Waals surface area (Å²) in [6.45, 7) is 0. The van der Waals surface area contributed by atoms with Crippen LogP contribution in [0, 0.1) is 0 Å². The molecule has 0 atom stereocenters. The first-order valence-electron chi connectivity index (χ1n) is 20.8. The van der Waals surface area contributed by atoms with Crippen LogP contribution in [0.1, 0.15) is 0 Å². The maximum absolute atomic E-state index is 5.23. The molecule has 0 aliphatic heterocycles. The molecule has 0 saturated heterocycles. The SMILES string of the molecule is c1ccc(-c2ccc(-c3nc(-c4ccc(-c5ccccc5)cc4)nc(-c4ccc(-n5c6ccccc6c6ccc7c8ccccc8sc7c65)c(-c5ccccc5)c4)n3)cc2)cc1. The van der Waals surface area contributed by atoms with Crippen molar-refractivity contribution in [1.29, 1.82) is 0 Å². The Morgan fingerprint density at radius 2 is 0.774 bits per heavy atom. The van der Waals surface area contributed by atoms with Crippen molar-refractivity contribution in [2.24, 2.45) is 0 Å². The number of rotatable bonds is 7. The molecular formula is C57H36N4S. The zero-order chi connectivity index (χ0) is 41.0. The quantitative estimate of drug-likeness (QED) is 0.161. The van der Waals surface area contributed by atoms with E-state index in [4.69, 9.17) is 15.0 Å². The zero-order valence-electron chi connectivity index (χ0n) is 33.5. The van der Waals surface area contributed by atoms with Crippen molar-refractivity contribution in [3.8, 4) is 73.2 Å². The van der Waals surface area contributed by atoms with Crippen molar-refractivity contribution in [2.45, 2.75) is 0 Å². The molecule has 0 aliphatic carbocycles. The Hall–Kier alpha value is -7.99. The van der Waals surface area contributed by atoms with Crippen LogP contribution >= 0.6 is 11.3 Å². The Bertz CT molecular complexity index is 3490. The Morgan fingerprint density at radius 1 is 0.323 bits per heavy atom. The van der Waals surface area contributed by atoms with Crippen molar-refractivity contribution in [3.63, 3.8) is 0 Å². The molecule has 12 aromatic rings. The summed E-state index contributed by atoms with van der Waals surface area (Å²) in [5, 5.41) is 5.04. The summed E-state index contributed by atoms with van der Waals surface area (Å²) in [7, 11) is 0. The van der Waals surface area contributed by atoms with Gasteiger partial charge in [0.15, 0.2) is 17.5 Å².